The van der Waals surface area contributed by atoms with Crippen molar-refractivity contribution in [2.24, 2.45) is 5.92 Å². The highest BCUT2D eigenvalue weighted by Crippen LogP contribution is 2.27. The summed E-state index contributed by atoms with van der Waals surface area (Å²) in [6, 6.07) is 11.5. The Morgan fingerprint density at radius 2 is 1.97 bits per heavy atom. The highest BCUT2D eigenvalue weighted by molar-refractivity contribution is 5.92. The smallest absolute Gasteiger partial charge is 0.234 e. The number of fused-ring (bicyclic) bond motifs is 1. The van der Waals surface area contributed by atoms with Gasteiger partial charge in [-0.3, -0.25) is 14.1 Å². The van der Waals surface area contributed by atoms with Crippen LogP contribution in [0.15, 0.2) is 65.5 Å². The Balaban J connectivity index is 1.27. The first kappa shape index (κ1) is 19.4. The number of piperidine rings is 1. The predicted molar refractivity (Wildman–Crippen MR) is 114 cm³/mol. The van der Waals surface area contributed by atoms with Gasteiger partial charge < -0.3 is 9.73 Å². The largest absolute Gasteiger partial charge is 0.463 e. The summed E-state index contributed by atoms with van der Waals surface area (Å²) in [6.07, 6.45) is 6.85. The van der Waals surface area contributed by atoms with Gasteiger partial charge in [-0.05, 0) is 68.4 Å². The maximum absolute atomic E-state index is 13.1. The van der Waals surface area contributed by atoms with Crippen molar-refractivity contribution in [3.63, 3.8) is 0 Å². The molecular formula is C23H22FN5O2. The molecule has 7 nitrogen and oxygen atoms in total. The highest BCUT2D eigenvalue weighted by atomic mass is 19.1. The molecular weight excluding hydrogens is 397 g/mol. The molecule has 4 heterocycles. The van der Waals surface area contributed by atoms with Crippen LogP contribution >= 0.6 is 0 Å². The molecule has 1 N–H and O–H groups in total. The number of carbonyl (C=O) groups excluding carboxylic acids is 1. The van der Waals surface area contributed by atoms with E-state index in [0.717, 1.165) is 37.3 Å². The summed E-state index contributed by atoms with van der Waals surface area (Å²) in [5, 5.41) is 2.89. The summed E-state index contributed by atoms with van der Waals surface area (Å²) >= 11 is 0. The average molecular weight is 419 g/mol. The molecule has 1 aliphatic rings. The molecule has 4 aromatic rings. The van der Waals surface area contributed by atoms with Crippen LogP contribution in [-0.2, 0) is 11.3 Å². The van der Waals surface area contributed by atoms with Crippen LogP contribution in [0.2, 0.25) is 0 Å². The number of rotatable bonds is 5. The number of aromatic nitrogens is 3. The quantitative estimate of drug-likeness (QED) is 0.530. The monoisotopic (exact) mass is 419 g/mol. The van der Waals surface area contributed by atoms with Crippen molar-refractivity contribution in [2.45, 2.75) is 19.4 Å². The molecule has 1 saturated heterocycles. The number of hydrogen-bond donors (Lipinski definition) is 1. The number of likely N-dealkylation sites (tertiary alicyclic amines) is 1. The molecule has 31 heavy (non-hydrogen) atoms. The fourth-order valence-corrected chi connectivity index (χ4v) is 4.04. The molecule has 1 fully saturated rings. The number of amides is 1. The van der Waals surface area contributed by atoms with Crippen LogP contribution in [0.1, 0.15) is 18.5 Å². The van der Waals surface area contributed by atoms with Crippen molar-refractivity contribution in [1.82, 2.24) is 19.3 Å². The van der Waals surface area contributed by atoms with E-state index in [1.54, 1.807) is 24.6 Å². The lowest BCUT2D eigenvalue weighted by molar-refractivity contribution is -0.121. The summed E-state index contributed by atoms with van der Waals surface area (Å²) in [6.45, 7) is 2.29. The normalized spacial score (nSPS) is 15.4. The molecule has 0 aliphatic carbocycles. The fourth-order valence-electron chi connectivity index (χ4n) is 4.04. The lowest BCUT2D eigenvalue weighted by Gasteiger charge is -2.31. The van der Waals surface area contributed by atoms with Gasteiger partial charge in [0.15, 0.2) is 5.76 Å². The van der Waals surface area contributed by atoms with Gasteiger partial charge in [0.05, 0.1) is 12.0 Å². The number of halogens is 1. The van der Waals surface area contributed by atoms with Crippen LogP contribution in [0.5, 0.6) is 0 Å². The van der Waals surface area contributed by atoms with Gasteiger partial charge in [-0.2, -0.15) is 0 Å². The summed E-state index contributed by atoms with van der Waals surface area (Å²) in [7, 11) is 0. The minimum absolute atomic E-state index is 0.0125. The van der Waals surface area contributed by atoms with Crippen molar-refractivity contribution in [2.75, 3.05) is 18.4 Å². The molecule has 5 rings (SSSR count). The van der Waals surface area contributed by atoms with E-state index < -0.39 is 0 Å². The van der Waals surface area contributed by atoms with Gasteiger partial charge in [0.2, 0.25) is 11.7 Å². The topological polar surface area (TPSA) is 75.7 Å². The molecule has 158 valence electrons. The summed E-state index contributed by atoms with van der Waals surface area (Å²) in [4.78, 5) is 23.9. The van der Waals surface area contributed by atoms with Crippen LogP contribution in [-0.4, -0.2) is 38.3 Å². The van der Waals surface area contributed by atoms with E-state index in [2.05, 4.69) is 20.2 Å². The number of furan rings is 1. The number of nitrogens with one attached hydrogen (secondary N) is 1. The third kappa shape index (κ3) is 4.06. The molecule has 0 saturated carbocycles. The van der Waals surface area contributed by atoms with Crippen molar-refractivity contribution in [1.29, 1.82) is 0 Å². The van der Waals surface area contributed by atoms with E-state index in [1.165, 1.54) is 12.1 Å². The Morgan fingerprint density at radius 3 is 2.71 bits per heavy atom. The van der Waals surface area contributed by atoms with Gasteiger partial charge in [-0.25, -0.2) is 14.4 Å². The standard InChI is InChI=1S/C23H22FN5O2/c24-17-4-6-18(7-5-17)26-22(30)16-8-12-28(13-9-16)15-19-21(20-3-1-14-31-20)27-23-25-10-2-11-29(19)23/h1-7,10-11,14,16H,8-9,12-13,15H2,(H,26,30). The molecule has 1 aliphatic heterocycles. The van der Waals surface area contributed by atoms with Crippen molar-refractivity contribution in [3.05, 3.63) is 72.6 Å². The highest BCUT2D eigenvalue weighted by Gasteiger charge is 2.27. The average Bonchev–Trinajstić information content (AvgIpc) is 3.44. The molecule has 1 amide bonds. The number of nitrogens with zero attached hydrogens (tertiary/aromatic N) is 4. The van der Waals surface area contributed by atoms with Gasteiger partial charge in [-0.15, -0.1) is 0 Å². The van der Waals surface area contributed by atoms with Gasteiger partial charge in [0.1, 0.15) is 11.5 Å². The Kier molecular flexibility index (Phi) is 5.21. The maximum Gasteiger partial charge on any atom is 0.234 e. The number of anilines is 1. The van der Waals surface area contributed by atoms with E-state index in [-0.39, 0.29) is 17.6 Å². The Labute approximate surface area is 178 Å². The van der Waals surface area contributed by atoms with Crippen LogP contribution in [0.3, 0.4) is 0 Å². The minimum atomic E-state index is -0.317. The van der Waals surface area contributed by atoms with Crippen LogP contribution in [0.4, 0.5) is 10.1 Å². The first-order chi connectivity index (χ1) is 15.2. The molecule has 0 atom stereocenters. The van der Waals surface area contributed by atoms with E-state index in [1.807, 2.05) is 28.8 Å². The fraction of sp³-hybridized carbons (Fsp3) is 0.261. The number of imidazole rings is 1. The van der Waals surface area contributed by atoms with Crippen molar-refractivity contribution in [3.8, 4) is 11.5 Å². The number of carbonyl (C=O) groups is 1. The minimum Gasteiger partial charge on any atom is -0.463 e. The second kappa shape index (κ2) is 8.31. The second-order valence-electron chi connectivity index (χ2n) is 7.72. The van der Waals surface area contributed by atoms with E-state index in [0.29, 0.717) is 23.8 Å². The Hall–Kier alpha value is -3.52. The molecule has 0 spiro atoms. The third-order valence-corrected chi connectivity index (χ3v) is 5.70. The molecule has 8 heteroatoms. The van der Waals surface area contributed by atoms with E-state index in [9.17, 15) is 9.18 Å². The Bertz CT molecular complexity index is 1180. The summed E-state index contributed by atoms with van der Waals surface area (Å²) < 4.78 is 20.6. The molecule has 0 radical (unpaired) electrons. The third-order valence-electron chi connectivity index (χ3n) is 5.70. The maximum atomic E-state index is 13.1. The molecule has 0 bridgehead atoms. The number of benzene rings is 1. The van der Waals surface area contributed by atoms with E-state index in [4.69, 9.17) is 4.42 Å². The summed E-state index contributed by atoms with van der Waals surface area (Å²) in [5.74, 6) is 0.963. The molecule has 1 aromatic carbocycles. The lowest BCUT2D eigenvalue weighted by Crippen LogP contribution is -2.38. The zero-order chi connectivity index (χ0) is 21.2. The van der Waals surface area contributed by atoms with Crippen molar-refractivity contribution >= 4 is 17.4 Å². The van der Waals surface area contributed by atoms with Gasteiger partial charge in [-0.1, -0.05) is 0 Å². The predicted octanol–water partition coefficient (Wildman–Crippen LogP) is 3.98. The Morgan fingerprint density at radius 1 is 1.16 bits per heavy atom. The van der Waals surface area contributed by atoms with Crippen molar-refractivity contribution < 1.29 is 13.6 Å². The van der Waals surface area contributed by atoms with E-state index >= 15 is 0 Å². The van der Waals surface area contributed by atoms with Gasteiger partial charge >= 0.3 is 0 Å². The lowest BCUT2D eigenvalue weighted by atomic mass is 9.95. The van der Waals surface area contributed by atoms with Crippen LogP contribution in [0, 0.1) is 11.7 Å². The van der Waals surface area contributed by atoms with Gasteiger partial charge in [0.25, 0.3) is 0 Å². The molecule has 3 aromatic heterocycles. The van der Waals surface area contributed by atoms with Crippen LogP contribution in [0.25, 0.3) is 17.2 Å². The summed E-state index contributed by atoms with van der Waals surface area (Å²) in [5.41, 5.74) is 2.43. The van der Waals surface area contributed by atoms with Crippen LogP contribution < -0.4 is 5.32 Å². The first-order valence-electron chi connectivity index (χ1n) is 10.3. The molecule has 0 unspecified atom stereocenters. The second-order valence-corrected chi connectivity index (χ2v) is 7.72. The first-order valence-corrected chi connectivity index (χ1v) is 10.3. The van der Waals surface area contributed by atoms with Gasteiger partial charge in [0, 0.05) is 30.5 Å². The zero-order valence-electron chi connectivity index (χ0n) is 16.9. The number of hydrogen-bond acceptors (Lipinski definition) is 5. The zero-order valence-corrected chi connectivity index (χ0v) is 16.9. The SMILES string of the molecule is O=C(Nc1ccc(F)cc1)C1CCN(Cc2c(-c3ccco3)nc3ncccn23)CC1.